The van der Waals surface area contributed by atoms with Crippen molar-refractivity contribution in [2.45, 2.75) is 13.3 Å². The number of ketones is 1. The van der Waals surface area contributed by atoms with Gasteiger partial charge in [-0.15, -0.1) is 0 Å². The number of imidazole rings is 1. The number of carbonyl (C=O) groups is 1. The molecule has 0 fully saturated rings. The maximum Gasteiger partial charge on any atom is 0.168 e. The molecule has 0 radical (unpaired) electrons. The lowest BCUT2D eigenvalue weighted by Crippen LogP contribution is -2.06. The minimum absolute atomic E-state index is 0.168. The summed E-state index contributed by atoms with van der Waals surface area (Å²) in [6, 6.07) is 6.40. The minimum Gasteiger partial charge on any atom is -0.334 e. The number of hydrogen-bond donors (Lipinski definition) is 0. The lowest BCUT2D eigenvalue weighted by molar-refractivity contribution is 0.0991. The van der Waals surface area contributed by atoms with Crippen LogP contribution in [0.25, 0.3) is 22.2 Å². The van der Waals surface area contributed by atoms with Crippen molar-refractivity contribution in [3.8, 4) is 11.3 Å². The van der Waals surface area contributed by atoms with Crippen molar-refractivity contribution in [3.63, 3.8) is 0 Å². The van der Waals surface area contributed by atoms with Crippen LogP contribution in [0.1, 0.15) is 27.1 Å². The van der Waals surface area contributed by atoms with Crippen LogP contribution in [-0.2, 0) is 13.5 Å². The third-order valence-corrected chi connectivity index (χ3v) is 4.12. The highest BCUT2D eigenvalue weighted by molar-refractivity contribution is 5.97. The van der Waals surface area contributed by atoms with Crippen LogP contribution < -0.4 is 0 Å². The number of aryl methyl sites for hydroxylation is 1. The third kappa shape index (κ3) is 3.11. The molecule has 2 aromatic carbocycles. The molecule has 0 saturated heterocycles. The highest BCUT2D eigenvalue weighted by Crippen LogP contribution is 2.23. The second kappa shape index (κ2) is 6.52. The van der Waals surface area contributed by atoms with Gasteiger partial charge in [0.25, 0.3) is 0 Å². The molecule has 0 aliphatic heterocycles. The molecule has 0 spiro atoms. The molecule has 2 aromatic heterocycles. The van der Waals surface area contributed by atoms with E-state index in [4.69, 9.17) is 5.48 Å². The van der Waals surface area contributed by atoms with Gasteiger partial charge in [0.15, 0.2) is 5.78 Å². The van der Waals surface area contributed by atoms with E-state index in [1.54, 1.807) is 18.6 Å². The number of Topliss-reactive ketones (excluding diaryl/α,β-unsaturated/α-hetero) is 1. The second-order valence-electron chi connectivity index (χ2n) is 6.10. The summed E-state index contributed by atoms with van der Waals surface area (Å²) in [5.41, 5.74) is 2.96. The van der Waals surface area contributed by atoms with Crippen molar-refractivity contribution in [3.05, 3.63) is 77.8 Å². The van der Waals surface area contributed by atoms with E-state index in [2.05, 4.69) is 15.2 Å². The molecule has 0 aliphatic rings. The predicted molar refractivity (Wildman–Crippen MR) is 101 cm³/mol. The first-order chi connectivity index (χ1) is 14.3. The first-order valence-electron chi connectivity index (χ1n) is 10.1. The van der Waals surface area contributed by atoms with Crippen LogP contribution in [-0.4, -0.2) is 25.5 Å². The van der Waals surface area contributed by atoms with Gasteiger partial charge >= 0.3 is 0 Å². The SMILES string of the molecule is [2H]c1c([2H])c(C(=O)Cc2cc3cc(-c4cncn4C)ccc3nn2)c([2H])c([2H])c1C. The molecule has 0 unspecified atom stereocenters. The van der Waals surface area contributed by atoms with E-state index in [0.29, 0.717) is 11.2 Å². The first-order valence-corrected chi connectivity index (χ1v) is 8.11. The summed E-state index contributed by atoms with van der Waals surface area (Å²) < 4.78 is 33.9. The maximum atomic E-state index is 12.8. The first kappa shape index (κ1) is 12.1. The molecule has 5 heteroatoms. The summed E-state index contributed by atoms with van der Waals surface area (Å²) in [5.74, 6) is -0.525. The Morgan fingerprint density at radius 3 is 2.69 bits per heavy atom. The normalized spacial score (nSPS) is 13.2. The van der Waals surface area contributed by atoms with Gasteiger partial charge < -0.3 is 4.57 Å². The highest BCUT2D eigenvalue weighted by atomic mass is 16.1. The average molecular weight is 346 g/mol. The lowest BCUT2D eigenvalue weighted by Gasteiger charge is -2.06. The number of fused-ring (bicyclic) bond motifs is 1. The number of nitrogens with zero attached hydrogens (tertiary/aromatic N) is 4. The molecule has 26 heavy (non-hydrogen) atoms. The summed E-state index contributed by atoms with van der Waals surface area (Å²) in [4.78, 5) is 16.9. The van der Waals surface area contributed by atoms with Crippen molar-refractivity contribution >= 4 is 16.7 Å². The fourth-order valence-electron chi connectivity index (χ4n) is 2.74. The summed E-state index contributed by atoms with van der Waals surface area (Å²) in [6.45, 7) is 1.50. The van der Waals surface area contributed by atoms with Gasteiger partial charge in [-0.2, -0.15) is 10.2 Å². The molecule has 2 heterocycles. The molecular formula is C21H18N4O. The molecule has 128 valence electrons. The quantitative estimate of drug-likeness (QED) is 0.528. The van der Waals surface area contributed by atoms with Gasteiger partial charge in [-0.05, 0) is 25.1 Å². The van der Waals surface area contributed by atoms with Gasteiger partial charge in [0, 0.05) is 23.6 Å². The van der Waals surface area contributed by atoms with E-state index in [9.17, 15) is 4.79 Å². The topological polar surface area (TPSA) is 60.7 Å². The largest absolute Gasteiger partial charge is 0.334 e. The zero-order valence-corrected chi connectivity index (χ0v) is 14.4. The van der Waals surface area contributed by atoms with Crippen molar-refractivity contribution in [2.75, 3.05) is 0 Å². The van der Waals surface area contributed by atoms with Crippen LogP contribution in [0.5, 0.6) is 0 Å². The van der Waals surface area contributed by atoms with Crippen LogP contribution in [0, 0.1) is 6.92 Å². The predicted octanol–water partition coefficient (Wildman–Crippen LogP) is 3.76. The Morgan fingerprint density at radius 2 is 1.96 bits per heavy atom. The zero-order valence-electron chi connectivity index (χ0n) is 18.4. The molecule has 5 nitrogen and oxygen atoms in total. The Kier molecular flexibility index (Phi) is 3.03. The molecule has 0 aliphatic carbocycles. The molecule has 4 rings (SSSR count). The van der Waals surface area contributed by atoms with Gasteiger partial charge in [-0.1, -0.05) is 35.8 Å². The smallest absolute Gasteiger partial charge is 0.168 e. The summed E-state index contributed by atoms with van der Waals surface area (Å²) in [7, 11) is 1.90. The van der Waals surface area contributed by atoms with E-state index in [0.717, 1.165) is 16.6 Å². The summed E-state index contributed by atoms with van der Waals surface area (Å²) in [6.07, 6.45) is 3.31. The third-order valence-electron chi connectivity index (χ3n) is 4.12. The summed E-state index contributed by atoms with van der Waals surface area (Å²) >= 11 is 0. The molecule has 0 amide bonds. The average Bonchev–Trinajstić information content (AvgIpc) is 3.16. The molecule has 0 saturated carbocycles. The fourth-order valence-corrected chi connectivity index (χ4v) is 2.74. The van der Waals surface area contributed by atoms with E-state index in [-0.39, 0.29) is 41.7 Å². The number of benzene rings is 2. The van der Waals surface area contributed by atoms with Crippen LogP contribution in [0.15, 0.2) is 61.0 Å². The standard InChI is InChI=1S/C21H18N4O/c1-14-3-5-15(6-4-14)21(26)11-18-10-17-9-16(7-8-19(17)24-23-18)20-12-22-13-25(20)2/h3-10,12-13H,11H2,1-2H3/i3D,4D,5D,6D. The van der Waals surface area contributed by atoms with Crippen molar-refractivity contribution < 1.29 is 10.3 Å². The molecular weight excluding hydrogens is 324 g/mol. The molecule has 0 bridgehead atoms. The van der Waals surface area contributed by atoms with Crippen LogP contribution in [0.4, 0.5) is 0 Å². The summed E-state index contributed by atoms with van der Waals surface area (Å²) in [5, 5.41) is 9.07. The van der Waals surface area contributed by atoms with Gasteiger partial charge in [0.1, 0.15) is 0 Å². The van der Waals surface area contributed by atoms with Crippen molar-refractivity contribution in [1.82, 2.24) is 19.7 Å². The molecule has 0 atom stereocenters. The van der Waals surface area contributed by atoms with Crippen LogP contribution in [0.3, 0.4) is 0 Å². The highest BCUT2D eigenvalue weighted by Gasteiger charge is 2.10. The van der Waals surface area contributed by atoms with Gasteiger partial charge in [0.2, 0.25) is 0 Å². The Bertz CT molecular complexity index is 1290. The van der Waals surface area contributed by atoms with E-state index in [1.165, 1.54) is 6.92 Å². The van der Waals surface area contributed by atoms with Crippen LogP contribution in [0.2, 0.25) is 0 Å². The fraction of sp³-hybridized carbons (Fsp3) is 0.143. The zero-order chi connectivity index (χ0) is 21.6. The molecule has 4 aromatic rings. The Morgan fingerprint density at radius 1 is 1.15 bits per heavy atom. The number of rotatable bonds is 4. The Balaban J connectivity index is 1.71. The molecule has 0 N–H and O–H groups in total. The number of aromatic nitrogens is 4. The second-order valence-corrected chi connectivity index (χ2v) is 6.10. The Hall–Kier alpha value is -3.34. The van der Waals surface area contributed by atoms with Crippen LogP contribution >= 0.6 is 0 Å². The van der Waals surface area contributed by atoms with E-state index < -0.39 is 5.78 Å². The van der Waals surface area contributed by atoms with Crippen molar-refractivity contribution in [2.24, 2.45) is 7.05 Å². The van der Waals surface area contributed by atoms with Crippen molar-refractivity contribution in [1.29, 1.82) is 0 Å². The van der Waals surface area contributed by atoms with Gasteiger partial charge in [-0.25, -0.2) is 4.98 Å². The monoisotopic (exact) mass is 346 g/mol. The Labute approximate surface area is 157 Å². The lowest BCUT2D eigenvalue weighted by atomic mass is 10.0. The van der Waals surface area contributed by atoms with E-state index >= 15 is 0 Å². The number of carbonyl (C=O) groups excluding carboxylic acids is 1. The maximum absolute atomic E-state index is 12.8. The van der Waals surface area contributed by atoms with Gasteiger partial charge in [-0.3, -0.25) is 4.79 Å². The van der Waals surface area contributed by atoms with E-state index in [1.807, 2.05) is 29.8 Å². The minimum atomic E-state index is -0.525. The van der Waals surface area contributed by atoms with Gasteiger partial charge in [0.05, 0.1) is 41.3 Å². The number of hydrogen-bond acceptors (Lipinski definition) is 4.